The summed E-state index contributed by atoms with van der Waals surface area (Å²) in [5, 5.41) is 15.9. The molecule has 0 aromatic rings. The van der Waals surface area contributed by atoms with Crippen LogP contribution in [-0.2, 0) is 93.6 Å². The molecule has 39 heavy (non-hydrogen) atoms. The van der Waals surface area contributed by atoms with Gasteiger partial charge in [0.05, 0.1) is 0 Å². The number of carboxylic acids is 1. The van der Waals surface area contributed by atoms with E-state index in [4.69, 9.17) is 53.1 Å². The van der Waals surface area contributed by atoms with Gasteiger partial charge in [-0.05, 0) is 0 Å². The van der Waals surface area contributed by atoms with E-state index in [9.17, 15) is 4.79 Å². The van der Waals surface area contributed by atoms with Crippen LogP contribution in [0.2, 0.25) is 43.6 Å². The molecule has 0 rings (SSSR count). The van der Waals surface area contributed by atoms with Gasteiger partial charge >= 0.3 is 145 Å². The topological polar surface area (TPSA) is 208 Å². The van der Waals surface area contributed by atoms with E-state index in [-0.39, 0.29) is 83.0 Å². The number of carbonyl (C=O) groups excluding carboxylic acids is 10. The Hall–Kier alpha value is -0.347. The molecule has 0 atom stereocenters. The van der Waals surface area contributed by atoms with Gasteiger partial charge in [-0.25, -0.2) is 0 Å². The van der Waals surface area contributed by atoms with E-state index in [1.165, 1.54) is 22.4 Å². The van der Waals surface area contributed by atoms with E-state index in [0.717, 1.165) is 29.9 Å². The zero-order chi connectivity index (χ0) is 30.8. The molecule has 0 aromatic heterocycles. The van der Waals surface area contributed by atoms with E-state index in [0.29, 0.717) is 20.3 Å². The predicted molar refractivity (Wildman–Crippen MR) is 150 cm³/mol. The van der Waals surface area contributed by atoms with Crippen LogP contribution in [-0.4, -0.2) is 124 Å². The maximum Gasteiger partial charge on any atom is 0.373 e. The maximum absolute atomic E-state index is 10.1. The first-order valence-electron chi connectivity index (χ1n) is 8.01. The van der Waals surface area contributed by atoms with Crippen LogP contribution in [0.5, 0.6) is 0 Å². The molecule has 0 aromatic carbocycles. The molecule has 0 saturated heterocycles. The van der Waals surface area contributed by atoms with Crippen LogP contribution in [0.15, 0.2) is 0 Å². The molecule has 0 fully saturated rings. The van der Waals surface area contributed by atoms with Gasteiger partial charge in [-0.1, -0.05) is 0 Å². The molecule has 0 amide bonds. The van der Waals surface area contributed by atoms with Gasteiger partial charge in [0.15, 0.2) is 0 Å². The van der Waals surface area contributed by atoms with Crippen molar-refractivity contribution in [3.8, 4) is 0 Å². The summed E-state index contributed by atoms with van der Waals surface area (Å²) in [6.07, 6.45) is 1.77. The van der Waals surface area contributed by atoms with Crippen LogP contribution >= 0.6 is 0 Å². The molecule has 6 radical (unpaired) electrons. The Morgan fingerprint density at radius 1 is 0.615 bits per heavy atom. The van der Waals surface area contributed by atoms with Gasteiger partial charge in [-0.15, -0.1) is 0 Å². The molecule has 0 saturated carbocycles. The van der Waals surface area contributed by atoms with Crippen LogP contribution in [0, 0.1) is 14.9 Å². The van der Waals surface area contributed by atoms with Crippen LogP contribution in [0.1, 0.15) is 13.3 Å². The largest absolute Gasteiger partial charge is 0.545 e. The number of hydrogen-bond donors (Lipinski definition) is 1. The average Bonchev–Trinajstić information content (AvgIpc) is 2.92. The van der Waals surface area contributed by atoms with Crippen LogP contribution in [0.4, 0.5) is 0 Å². The Morgan fingerprint density at radius 3 is 1.10 bits per heavy atom. The minimum atomic E-state index is -0.621. The average molecular weight is 1170 g/mol. The van der Waals surface area contributed by atoms with Gasteiger partial charge in [0, 0.05) is 40.8 Å². The molecule has 0 aliphatic carbocycles. The van der Waals surface area contributed by atoms with Gasteiger partial charge in [0.2, 0.25) is 0 Å². The number of hydrogen-bond acceptors (Lipinski definition) is 11. The zero-order valence-electron chi connectivity index (χ0n) is 22.4. The Bertz CT molecular complexity index is 364. The molecule has 0 aliphatic rings. The Kier molecular flexibility index (Phi) is 477. The Balaban J connectivity index is -0.0000000161. The second kappa shape index (κ2) is 206. The third-order valence-corrected chi connectivity index (χ3v) is 10.8. The van der Waals surface area contributed by atoms with Crippen LogP contribution < -0.4 is 0 Å². The van der Waals surface area contributed by atoms with E-state index in [1.807, 2.05) is 0 Å². The van der Waals surface area contributed by atoms with Gasteiger partial charge < -0.3 is 43.6 Å². The van der Waals surface area contributed by atoms with E-state index in [1.54, 1.807) is 10.6 Å². The Morgan fingerprint density at radius 2 is 0.897 bits per heavy atom. The van der Waals surface area contributed by atoms with Crippen molar-refractivity contribution in [3.63, 3.8) is 0 Å². The first-order valence-corrected chi connectivity index (χ1v) is 19.7. The first kappa shape index (κ1) is 90.2. The molecule has 0 spiro atoms. The fraction of sp³-hybridized carbons (Fsp3) is 0.476. The molecular formula is C21H40O12Re2Se4-8. The van der Waals surface area contributed by atoms with Gasteiger partial charge in [0.1, 0.15) is 0 Å². The van der Waals surface area contributed by atoms with Crippen molar-refractivity contribution in [1.82, 2.24) is 0 Å². The molecule has 12 nitrogen and oxygen atoms in total. The van der Waals surface area contributed by atoms with Crippen molar-refractivity contribution in [2.75, 3.05) is 0 Å². The Labute approximate surface area is 286 Å². The smallest absolute Gasteiger partial charge is 0.373 e. The first-order chi connectivity index (χ1) is 17.0. The summed E-state index contributed by atoms with van der Waals surface area (Å²) in [6, 6.07) is 0. The SMILES string of the molecule is CC[SeH]CC[SeH]C.C[SeH]CCC[SeH]CC(=O)O.O=C=O.O=C=O.[CH-]=O.[CH-]=O.[CH-]=O.[CH-]=O.[CH-]=O.[CH-]=O.[CH3-].[CH3-].[Re].[Re]. The normalized spacial score (nSPS) is 5.21. The number of rotatable bonds is 10. The zero-order valence-corrected chi connectivity index (χ0v) is 35.3. The summed E-state index contributed by atoms with van der Waals surface area (Å²) in [5.74, 6) is 3.99. The van der Waals surface area contributed by atoms with Crippen LogP contribution in [0.3, 0.4) is 0 Å². The fourth-order valence-corrected chi connectivity index (χ4v) is 9.65. The van der Waals surface area contributed by atoms with Crippen molar-refractivity contribution < 1.29 is 98.7 Å². The van der Waals surface area contributed by atoms with Crippen molar-refractivity contribution in [1.29, 1.82) is 0 Å². The molecule has 18 heteroatoms. The molecule has 1 N–H and O–H groups in total. The molecule has 0 bridgehead atoms. The van der Waals surface area contributed by atoms with Crippen LogP contribution in [0.25, 0.3) is 0 Å². The quantitative estimate of drug-likeness (QED) is 0.132. The summed E-state index contributed by atoms with van der Waals surface area (Å²) < 4.78 is 0. The minimum Gasteiger partial charge on any atom is -0.545 e. The van der Waals surface area contributed by atoms with Crippen molar-refractivity contribution >= 4 is 119 Å². The molecular weight excluding hydrogens is 1130 g/mol. The van der Waals surface area contributed by atoms with Gasteiger partial charge in [0.25, 0.3) is 0 Å². The second-order valence-electron chi connectivity index (χ2n) is 3.36. The third kappa shape index (κ3) is 422. The summed E-state index contributed by atoms with van der Waals surface area (Å²) in [4.78, 5) is 89.1. The summed E-state index contributed by atoms with van der Waals surface area (Å²) in [6.45, 7) is 21.8. The fourth-order valence-electron chi connectivity index (χ4n) is 0.844. The number of carbonyl (C=O) groups is 1. The molecule has 242 valence electrons. The number of aliphatic carboxylic acids is 1. The summed E-state index contributed by atoms with van der Waals surface area (Å²) in [7, 11) is 0. The van der Waals surface area contributed by atoms with Crippen molar-refractivity contribution in [2.24, 2.45) is 0 Å². The standard InChI is InChI=1S/C6H14O2Se2.C5H14Se2.2CO2.6CHO.2CH3.2Re/c1-9-3-2-4-10-5-6(7)8;1-3-7-5-4-6-2;2*2-1-3;6*1-2;;;;/h9-10H,2-5H2,1H3,(H,7,8);6-7H,3-5H2,1-2H3;;;6*1H;2*1H3;;/q;;;;8*-1;;. The van der Waals surface area contributed by atoms with Crippen molar-refractivity contribution in [3.05, 3.63) is 14.9 Å². The van der Waals surface area contributed by atoms with Gasteiger partial charge in [-0.2, -0.15) is 19.2 Å². The summed E-state index contributed by atoms with van der Waals surface area (Å²) in [5.41, 5.74) is 0. The third-order valence-electron chi connectivity index (χ3n) is 1.65. The van der Waals surface area contributed by atoms with E-state index >= 15 is 0 Å². The van der Waals surface area contributed by atoms with E-state index in [2.05, 4.69) is 59.3 Å². The monoisotopic (exact) mass is 1180 g/mol. The van der Waals surface area contributed by atoms with Crippen molar-refractivity contribution in [2.45, 2.75) is 56.9 Å². The minimum absolute atomic E-state index is 0. The number of carboxylic acid groups (broad SMARTS) is 1. The molecule has 0 aliphatic heterocycles. The molecule has 0 heterocycles. The molecule has 0 unspecified atom stereocenters. The second-order valence-corrected chi connectivity index (χ2v) is 13.6. The summed E-state index contributed by atoms with van der Waals surface area (Å²) >= 11 is 2.17. The van der Waals surface area contributed by atoms with E-state index < -0.39 is 5.97 Å². The van der Waals surface area contributed by atoms with Gasteiger partial charge in [-0.3, -0.25) is 40.7 Å². The maximum atomic E-state index is 10.1. The predicted octanol–water partition coefficient (Wildman–Crippen LogP) is -0.0966.